The third kappa shape index (κ3) is 1.54. The fraction of sp³-hybridized carbons (Fsp3) is 0.444. The molecule has 0 radical (unpaired) electrons. The van der Waals surface area contributed by atoms with Crippen LogP contribution in [0.25, 0.3) is 11.2 Å². The van der Waals surface area contributed by atoms with Gasteiger partial charge in [-0.05, 0) is 0 Å². The molecule has 3 unspecified atom stereocenters. The third-order valence-corrected chi connectivity index (χ3v) is 2.73. The number of aromatic amines is 1. The summed E-state index contributed by atoms with van der Waals surface area (Å²) in [4.78, 5) is 15.0. The van der Waals surface area contributed by atoms with Crippen LogP contribution in [0.5, 0.6) is 0 Å². The summed E-state index contributed by atoms with van der Waals surface area (Å²) in [5.74, 6) is 0.451. The number of hydrogen-bond acceptors (Lipinski definition) is 7. The summed E-state index contributed by atoms with van der Waals surface area (Å²) in [5.41, 5.74) is 6.67. The van der Waals surface area contributed by atoms with Gasteiger partial charge in [0.05, 0.1) is 12.9 Å². The van der Waals surface area contributed by atoms with Crippen LogP contribution in [-0.4, -0.2) is 49.0 Å². The van der Waals surface area contributed by atoms with E-state index in [0.717, 1.165) is 0 Å². The van der Waals surface area contributed by atoms with Crippen molar-refractivity contribution in [2.24, 2.45) is 0 Å². The summed E-state index contributed by atoms with van der Waals surface area (Å²) in [6.07, 6.45) is -1.28. The highest BCUT2D eigenvalue weighted by molar-refractivity contribution is 5.80. The lowest BCUT2D eigenvalue weighted by atomic mass is 10.1. The van der Waals surface area contributed by atoms with Gasteiger partial charge >= 0.3 is 0 Å². The van der Waals surface area contributed by atoms with E-state index in [1.165, 1.54) is 6.33 Å². The second-order valence-corrected chi connectivity index (χ2v) is 3.88. The highest BCUT2D eigenvalue weighted by Crippen LogP contribution is 2.28. The lowest BCUT2D eigenvalue weighted by Crippen LogP contribution is -2.26. The average molecular weight is 237 g/mol. The number of aliphatic hydroxyl groups excluding tert-OH is 2. The number of hydrogen-bond donors (Lipinski definition) is 4. The molecule has 0 spiro atoms. The van der Waals surface area contributed by atoms with Crippen molar-refractivity contribution >= 4 is 17.0 Å². The van der Waals surface area contributed by atoms with Crippen LogP contribution < -0.4 is 5.73 Å². The van der Waals surface area contributed by atoms with Crippen LogP contribution in [0.3, 0.4) is 0 Å². The topological polar surface area (TPSA) is 130 Å². The number of nitrogens with zero attached hydrogens (tertiary/aromatic N) is 3. The van der Waals surface area contributed by atoms with E-state index in [1.807, 2.05) is 0 Å². The molecular formula is C9H11N5O3. The minimum absolute atomic E-state index is 0.0517. The van der Waals surface area contributed by atoms with Crippen LogP contribution in [0.1, 0.15) is 11.9 Å². The molecule has 2 aromatic heterocycles. The molecule has 1 aliphatic heterocycles. The number of aliphatic hydroxyl groups is 2. The Morgan fingerprint density at radius 1 is 1.41 bits per heavy atom. The number of nitrogens with two attached hydrogens (primary N) is 1. The molecule has 90 valence electrons. The first-order valence-electron chi connectivity index (χ1n) is 5.11. The molecule has 2 aromatic rings. The van der Waals surface area contributed by atoms with Gasteiger partial charge < -0.3 is 25.7 Å². The SMILES string of the molecule is Nc1nc(C2OCC(O)C2O)nc2[nH]cnc12. The van der Waals surface area contributed by atoms with Crippen molar-refractivity contribution in [1.82, 2.24) is 19.9 Å². The number of nitrogen functional groups attached to an aromatic ring is 1. The number of H-pyrrole nitrogens is 1. The molecule has 8 nitrogen and oxygen atoms in total. The van der Waals surface area contributed by atoms with E-state index < -0.39 is 18.3 Å². The minimum atomic E-state index is -1.05. The van der Waals surface area contributed by atoms with Gasteiger partial charge in [-0.1, -0.05) is 0 Å². The molecule has 1 saturated heterocycles. The van der Waals surface area contributed by atoms with E-state index in [4.69, 9.17) is 10.5 Å². The third-order valence-electron chi connectivity index (χ3n) is 2.73. The Kier molecular flexibility index (Phi) is 2.21. The van der Waals surface area contributed by atoms with Gasteiger partial charge in [0, 0.05) is 0 Å². The van der Waals surface area contributed by atoms with Crippen molar-refractivity contribution in [2.75, 3.05) is 12.3 Å². The summed E-state index contributed by atoms with van der Waals surface area (Å²) in [6, 6.07) is 0. The van der Waals surface area contributed by atoms with Gasteiger partial charge in [0.1, 0.15) is 23.8 Å². The molecule has 0 aromatic carbocycles. The lowest BCUT2D eigenvalue weighted by Gasteiger charge is -2.13. The van der Waals surface area contributed by atoms with Gasteiger partial charge in [0.25, 0.3) is 0 Å². The maximum Gasteiger partial charge on any atom is 0.164 e. The standard InChI is InChI=1S/C9H11N5O3/c10-7-4-8(12-2-11-4)14-9(13-7)6-5(16)3(15)1-17-6/h2-3,5-6,15-16H,1H2,(H3,10,11,12,13,14). The molecule has 1 fully saturated rings. The number of rotatable bonds is 1. The van der Waals surface area contributed by atoms with Gasteiger partial charge in [-0.2, -0.15) is 0 Å². The number of anilines is 1. The van der Waals surface area contributed by atoms with Crippen LogP contribution in [-0.2, 0) is 4.74 Å². The fourth-order valence-corrected chi connectivity index (χ4v) is 1.83. The van der Waals surface area contributed by atoms with Gasteiger partial charge in [0.15, 0.2) is 17.3 Å². The fourth-order valence-electron chi connectivity index (χ4n) is 1.83. The number of fused-ring (bicyclic) bond motifs is 1. The van der Waals surface area contributed by atoms with E-state index in [9.17, 15) is 10.2 Å². The number of aromatic nitrogens is 4. The Morgan fingerprint density at radius 2 is 2.24 bits per heavy atom. The van der Waals surface area contributed by atoms with Crippen molar-refractivity contribution in [2.45, 2.75) is 18.3 Å². The van der Waals surface area contributed by atoms with Crippen molar-refractivity contribution in [3.8, 4) is 0 Å². The Morgan fingerprint density at radius 3 is 2.94 bits per heavy atom. The second kappa shape index (κ2) is 3.62. The Hall–Kier alpha value is -1.77. The highest BCUT2D eigenvalue weighted by Gasteiger charge is 2.38. The Labute approximate surface area is 95.5 Å². The molecule has 17 heavy (non-hydrogen) atoms. The largest absolute Gasteiger partial charge is 0.388 e. The van der Waals surface area contributed by atoms with Crippen LogP contribution >= 0.6 is 0 Å². The van der Waals surface area contributed by atoms with Gasteiger partial charge in [-0.25, -0.2) is 15.0 Å². The summed E-state index contributed by atoms with van der Waals surface area (Å²) in [7, 11) is 0. The predicted molar refractivity (Wildman–Crippen MR) is 56.8 cm³/mol. The minimum Gasteiger partial charge on any atom is -0.388 e. The van der Waals surface area contributed by atoms with Crippen molar-refractivity contribution < 1.29 is 14.9 Å². The number of nitrogens with one attached hydrogen (secondary N) is 1. The Balaban J connectivity index is 2.06. The average Bonchev–Trinajstić information content (AvgIpc) is 2.88. The first-order chi connectivity index (χ1) is 8.16. The van der Waals surface area contributed by atoms with E-state index in [0.29, 0.717) is 11.2 Å². The molecular weight excluding hydrogens is 226 g/mol. The molecule has 0 saturated carbocycles. The zero-order valence-electron chi connectivity index (χ0n) is 8.74. The molecule has 5 N–H and O–H groups in total. The monoisotopic (exact) mass is 237 g/mol. The lowest BCUT2D eigenvalue weighted by molar-refractivity contribution is 0.0185. The van der Waals surface area contributed by atoms with E-state index in [-0.39, 0.29) is 18.2 Å². The van der Waals surface area contributed by atoms with Gasteiger partial charge in [-0.3, -0.25) is 0 Å². The van der Waals surface area contributed by atoms with Crippen LogP contribution in [0.4, 0.5) is 5.82 Å². The molecule has 8 heteroatoms. The maximum absolute atomic E-state index is 9.70. The Bertz CT molecular complexity index is 557. The molecule has 0 aliphatic carbocycles. The van der Waals surface area contributed by atoms with E-state index >= 15 is 0 Å². The molecule has 0 bridgehead atoms. The van der Waals surface area contributed by atoms with Crippen LogP contribution in [0, 0.1) is 0 Å². The zero-order chi connectivity index (χ0) is 12.0. The van der Waals surface area contributed by atoms with E-state index in [1.54, 1.807) is 0 Å². The second-order valence-electron chi connectivity index (χ2n) is 3.88. The van der Waals surface area contributed by atoms with E-state index in [2.05, 4.69) is 19.9 Å². The summed E-state index contributed by atoms with van der Waals surface area (Å²) in [5, 5.41) is 19.1. The smallest absolute Gasteiger partial charge is 0.164 e. The first kappa shape index (κ1) is 10.4. The maximum atomic E-state index is 9.70. The van der Waals surface area contributed by atoms with Gasteiger partial charge in [-0.15, -0.1) is 0 Å². The summed E-state index contributed by atoms with van der Waals surface area (Å²) >= 11 is 0. The highest BCUT2D eigenvalue weighted by atomic mass is 16.5. The molecule has 0 amide bonds. The molecule has 3 heterocycles. The number of imidazole rings is 1. The van der Waals surface area contributed by atoms with Crippen molar-refractivity contribution in [1.29, 1.82) is 0 Å². The predicted octanol–water partition coefficient (Wildman–Crippen LogP) is -1.27. The zero-order valence-corrected chi connectivity index (χ0v) is 8.74. The number of ether oxygens (including phenoxy) is 1. The van der Waals surface area contributed by atoms with Crippen LogP contribution in [0.2, 0.25) is 0 Å². The summed E-state index contributed by atoms with van der Waals surface area (Å²) in [6.45, 7) is 0.0517. The van der Waals surface area contributed by atoms with Crippen molar-refractivity contribution in [3.05, 3.63) is 12.2 Å². The normalized spacial score (nSPS) is 28.9. The summed E-state index contributed by atoms with van der Waals surface area (Å²) < 4.78 is 5.23. The molecule has 3 rings (SSSR count). The quantitative estimate of drug-likeness (QED) is 0.486. The molecule has 1 aliphatic rings. The first-order valence-corrected chi connectivity index (χ1v) is 5.11. The molecule has 3 atom stereocenters. The van der Waals surface area contributed by atoms with Crippen molar-refractivity contribution in [3.63, 3.8) is 0 Å². The van der Waals surface area contributed by atoms with Gasteiger partial charge in [0.2, 0.25) is 0 Å². The van der Waals surface area contributed by atoms with Crippen LogP contribution in [0.15, 0.2) is 6.33 Å².